The first kappa shape index (κ1) is 31.4. The molecule has 13 heteroatoms. The summed E-state index contributed by atoms with van der Waals surface area (Å²) in [5, 5.41) is 42.9. The third kappa shape index (κ3) is 4.37. The summed E-state index contributed by atoms with van der Waals surface area (Å²) in [4.78, 5) is 68.6. The molecular weight excluding hydrogens is 612 g/mol. The van der Waals surface area contributed by atoms with Crippen LogP contribution in [-0.2, 0) is 19.2 Å². The summed E-state index contributed by atoms with van der Waals surface area (Å²) in [7, 11) is 2.88. The van der Waals surface area contributed by atoms with E-state index in [-0.39, 0.29) is 16.4 Å². The van der Waals surface area contributed by atoms with Crippen LogP contribution in [0.2, 0.25) is 0 Å². The van der Waals surface area contributed by atoms with Crippen molar-refractivity contribution in [2.75, 3.05) is 24.7 Å². The highest BCUT2D eigenvalue weighted by Crippen LogP contribution is 2.55. The fraction of sp³-hybridized carbons (Fsp3) is 0.333. The van der Waals surface area contributed by atoms with Gasteiger partial charge >= 0.3 is 0 Å². The van der Waals surface area contributed by atoms with E-state index in [2.05, 4.69) is 10.6 Å². The molecule has 3 aliphatic rings. The molecule has 0 saturated heterocycles. The number of benzene rings is 3. The van der Waals surface area contributed by atoms with Crippen molar-refractivity contribution in [3.05, 3.63) is 65.7 Å². The average Bonchev–Trinajstić information content (AvgIpc) is 3.00. The van der Waals surface area contributed by atoms with Gasteiger partial charge in [-0.3, -0.25) is 28.9 Å². The SMILES string of the molecule is C[C@H]1c2ccc(NC(=S)Nc3cccc4ccccc34)c(O)c2C(=O)C2C(=O)[C@]3(O)C(=O)C(C(N)=O)C(=O)[C@@H](N(C)C)[C@@H]3[C@@H](O)[C@@H]21. The molecule has 2 saturated carbocycles. The summed E-state index contributed by atoms with van der Waals surface area (Å²) in [5.74, 6) is -13.9. The minimum absolute atomic E-state index is 0.0525. The van der Waals surface area contributed by atoms with Crippen LogP contribution in [0, 0.1) is 23.7 Å². The van der Waals surface area contributed by atoms with E-state index in [1.807, 2.05) is 42.5 Å². The number of amides is 1. The first-order valence-electron chi connectivity index (χ1n) is 14.7. The van der Waals surface area contributed by atoms with Crippen LogP contribution < -0.4 is 16.4 Å². The molecule has 0 aromatic heterocycles. The van der Waals surface area contributed by atoms with Gasteiger partial charge in [0.1, 0.15) is 5.75 Å². The van der Waals surface area contributed by atoms with Crippen LogP contribution in [0.4, 0.5) is 11.4 Å². The van der Waals surface area contributed by atoms with E-state index in [9.17, 15) is 39.3 Å². The normalized spacial score (nSPS) is 30.4. The Kier molecular flexibility index (Phi) is 7.55. The fourth-order valence-electron chi connectivity index (χ4n) is 7.70. The predicted octanol–water partition coefficient (Wildman–Crippen LogP) is 1.36. The van der Waals surface area contributed by atoms with Gasteiger partial charge in [0, 0.05) is 17.0 Å². The number of nitrogens with zero attached hydrogens (tertiary/aromatic N) is 1. The van der Waals surface area contributed by atoms with E-state index in [1.54, 1.807) is 13.0 Å². The number of fused-ring (bicyclic) bond motifs is 4. The fourth-order valence-corrected chi connectivity index (χ4v) is 7.92. The molecule has 0 bridgehead atoms. The molecule has 0 spiro atoms. The maximum absolute atomic E-state index is 14.2. The molecule has 0 radical (unpaired) electrons. The standard InChI is InChI=1S/C33H32N4O8S/c1-13-15-11-12-18(36-32(46)35-17-10-6-8-14-7-4-5-9-16(14)17)25(38)20(15)26(39)21-19(13)27(40)23-24(37(2)3)28(41)22(31(34)44)30(43)33(23,45)29(21)42/h4-13,19,21-24,27,38,40,45H,1-3H3,(H2,34,44)(H2,35,36,46)/t13-,19+,21?,22?,23+,24-,27-,33-/m0/s1. The van der Waals surface area contributed by atoms with Gasteiger partial charge in [-0.1, -0.05) is 49.4 Å². The Bertz CT molecular complexity index is 1870. The number of anilines is 2. The molecule has 8 atom stereocenters. The first-order chi connectivity index (χ1) is 21.7. The van der Waals surface area contributed by atoms with E-state index in [0.717, 1.165) is 10.8 Å². The molecule has 3 aromatic rings. The number of primary amides is 1. The van der Waals surface area contributed by atoms with Crippen molar-refractivity contribution >= 4 is 68.5 Å². The predicted molar refractivity (Wildman–Crippen MR) is 171 cm³/mol. The summed E-state index contributed by atoms with van der Waals surface area (Å²) in [6.45, 7) is 1.65. The molecule has 6 rings (SSSR count). The number of hydrogen-bond acceptors (Lipinski definition) is 10. The maximum atomic E-state index is 14.2. The molecule has 238 valence electrons. The number of ketones is 4. The van der Waals surface area contributed by atoms with Crippen LogP contribution in [0.15, 0.2) is 54.6 Å². The number of aliphatic hydroxyl groups is 2. The number of Topliss-reactive ketones (excluding diaryl/α,β-unsaturated/α-hetero) is 4. The summed E-state index contributed by atoms with van der Waals surface area (Å²) >= 11 is 5.49. The van der Waals surface area contributed by atoms with Gasteiger partial charge in [-0.25, -0.2) is 0 Å². The van der Waals surface area contributed by atoms with Gasteiger partial charge in [-0.15, -0.1) is 0 Å². The zero-order chi connectivity index (χ0) is 33.4. The Morgan fingerprint density at radius 3 is 2.28 bits per heavy atom. The average molecular weight is 645 g/mol. The zero-order valence-corrected chi connectivity index (χ0v) is 25.9. The van der Waals surface area contributed by atoms with Crippen LogP contribution in [0.25, 0.3) is 10.8 Å². The maximum Gasteiger partial charge on any atom is 0.235 e. The van der Waals surface area contributed by atoms with Gasteiger partial charge in [0.25, 0.3) is 0 Å². The number of nitrogens with two attached hydrogens (primary N) is 1. The van der Waals surface area contributed by atoms with Crippen LogP contribution in [0.5, 0.6) is 5.75 Å². The van der Waals surface area contributed by atoms with Crippen LogP contribution >= 0.6 is 12.2 Å². The van der Waals surface area contributed by atoms with Gasteiger partial charge in [-0.2, -0.15) is 0 Å². The van der Waals surface area contributed by atoms with Crippen molar-refractivity contribution in [3.63, 3.8) is 0 Å². The quantitative estimate of drug-likeness (QED) is 0.136. The second-order valence-electron chi connectivity index (χ2n) is 12.4. The number of phenolic OH excluding ortho intramolecular Hbond substituents is 1. The van der Waals surface area contributed by atoms with Crippen molar-refractivity contribution < 1.29 is 39.3 Å². The number of likely N-dealkylation sites (N-methyl/N-ethyl adjacent to an activating group) is 1. The molecule has 7 N–H and O–H groups in total. The number of rotatable bonds is 4. The summed E-state index contributed by atoms with van der Waals surface area (Å²) in [6, 6.07) is 14.9. The highest BCUT2D eigenvalue weighted by molar-refractivity contribution is 7.80. The third-order valence-corrected chi connectivity index (χ3v) is 9.98. The lowest BCUT2D eigenvalue weighted by Crippen LogP contribution is -2.77. The Balaban J connectivity index is 1.38. The van der Waals surface area contributed by atoms with Gasteiger partial charge < -0.3 is 31.7 Å². The van der Waals surface area contributed by atoms with Gasteiger partial charge in [0.15, 0.2) is 39.8 Å². The monoisotopic (exact) mass is 644 g/mol. The Morgan fingerprint density at radius 2 is 1.61 bits per heavy atom. The number of carbonyl (C=O) groups is 5. The van der Waals surface area contributed by atoms with Crippen LogP contribution in [-0.4, -0.2) is 86.2 Å². The molecule has 0 aliphatic heterocycles. The molecule has 2 unspecified atom stereocenters. The van der Waals surface area contributed by atoms with Crippen molar-refractivity contribution in [2.45, 2.75) is 30.6 Å². The highest BCUT2D eigenvalue weighted by Gasteiger charge is 2.72. The first-order valence-corrected chi connectivity index (χ1v) is 15.1. The number of hydrogen-bond donors (Lipinski definition) is 6. The van der Waals surface area contributed by atoms with Gasteiger partial charge in [0.2, 0.25) is 5.91 Å². The molecule has 3 aliphatic carbocycles. The van der Waals surface area contributed by atoms with Crippen molar-refractivity contribution in [1.29, 1.82) is 0 Å². The van der Waals surface area contributed by atoms with Crippen molar-refractivity contribution in [3.8, 4) is 5.75 Å². The number of thiocarbonyl (C=S) groups is 1. The van der Waals surface area contributed by atoms with Gasteiger partial charge in [-0.05, 0) is 55.3 Å². The molecule has 2 fully saturated rings. The lowest BCUT2D eigenvalue weighted by atomic mass is 9.49. The highest BCUT2D eigenvalue weighted by atomic mass is 32.1. The smallest absolute Gasteiger partial charge is 0.235 e. The van der Waals surface area contributed by atoms with E-state index in [1.165, 1.54) is 25.1 Å². The number of carbonyl (C=O) groups excluding carboxylic acids is 5. The second kappa shape index (κ2) is 11.1. The Morgan fingerprint density at radius 1 is 0.957 bits per heavy atom. The minimum Gasteiger partial charge on any atom is -0.505 e. The molecule has 46 heavy (non-hydrogen) atoms. The zero-order valence-electron chi connectivity index (χ0n) is 25.1. The minimum atomic E-state index is -3.06. The molecule has 0 heterocycles. The molecule has 12 nitrogen and oxygen atoms in total. The van der Waals surface area contributed by atoms with E-state index >= 15 is 0 Å². The van der Waals surface area contributed by atoms with Crippen molar-refractivity contribution in [2.24, 2.45) is 29.4 Å². The second-order valence-corrected chi connectivity index (χ2v) is 12.8. The van der Waals surface area contributed by atoms with E-state index < -0.39 is 82.1 Å². The summed E-state index contributed by atoms with van der Waals surface area (Å²) in [5.41, 5.74) is 3.14. The number of aromatic hydroxyl groups is 1. The topological polar surface area (TPSA) is 199 Å². The number of phenols is 1. The third-order valence-electron chi connectivity index (χ3n) is 9.78. The van der Waals surface area contributed by atoms with Crippen LogP contribution in [0.3, 0.4) is 0 Å². The van der Waals surface area contributed by atoms with Gasteiger partial charge in [0.05, 0.1) is 35.2 Å². The largest absolute Gasteiger partial charge is 0.505 e. The van der Waals surface area contributed by atoms with Crippen molar-refractivity contribution in [1.82, 2.24) is 4.90 Å². The number of aliphatic hydroxyl groups excluding tert-OH is 1. The molecule has 1 amide bonds. The molecule has 3 aromatic carbocycles. The Hall–Kier alpha value is -4.56. The van der Waals surface area contributed by atoms with E-state index in [0.29, 0.717) is 11.3 Å². The number of nitrogens with one attached hydrogen (secondary N) is 2. The summed E-state index contributed by atoms with van der Waals surface area (Å²) in [6.07, 6.45) is -1.70. The molecular formula is C33H32N4O8S. The lowest BCUT2D eigenvalue weighted by Gasteiger charge is -2.56. The Labute approximate surface area is 268 Å². The van der Waals surface area contributed by atoms with Crippen LogP contribution in [0.1, 0.15) is 28.8 Å². The lowest BCUT2D eigenvalue weighted by molar-refractivity contribution is -0.196. The van der Waals surface area contributed by atoms with E-state index in [4.69, 9.17) is 18.0 Å². The summed E-state index contributed by atoms with van der Waals surface area (Å²) < 4.78 is 0.